The van der Waals surface area contributed by atoms with Gasteiger partial charge in [-0.2, -0.15) is 11.8 Å². The molecule has 0 spiro atoms. The molecule has 2 aromatic rings. The Bertz CT molecular complexity index is 551. The lowest BCUT2D eigenvalue weighted by atomic mass is 10.1. The number of benzene rings is 2. The fraction of sp³-hybridized carbons (Fsp3) is 0.133. The fourth-order valence-electron chi connectivity index (χ4n) is 1.66. The lowest BCUT2D eigenvalue weighted by Crippen LogP contribution is -2.11. The zero-order chi connectivity index (χ0) is 13.7. The lowest BCUT2D eigenvalue weighted by molar-refractivity contribution is 0.102. The molecule has 0 aromatic heterocycles. The molecule has 98 valence electrons. The molecule has 0 saturated heterocycles. The van der Waals surface area contributed by atoms with Gasteiger partial charge in [0, 0.05) is 17.0 Å². The highest BCUT2D eigenvalue weighted by Gasteiger charge is 2.05. The van der Waals surface area contributed by atoms with Crippen LogP contribution in [-0.2, 0) is 5.75 Å². The van der Waals surface area contributed by atoms with Crippen LogP contribution in [0.5, 0.6) is 0 Å². The molecule has 0 unspecified atom stereocenters. The number of hydrogen-bond donors (Lipinski definition) is 1. The highest BCUT2D eigenvalue weighted by Crippen LogP contribution is 2.13. The lowest BCUT2D eigenvalue weighted by Gasteiger charge is -2.06. The second-order valence-electron chi connectivity index (χ2n) is 4.09. The molecule has 1 N–H and O–H groups in total. The third-order valence-electron chi connectivity index (χ3n) is 2.63. The monoisotopic (exact) mass is 275 g/mol. The first-order valence-corrected chi connectivity index (χ1v) is 7.23. The number of thioether (sulfide) groups is 1. The Morgan fingerprint density at radius 1 is 1.11 bits per heavy atom. The molecule has 4 heteroatoms. The van der Waals surface area contributed by atoms with Gasteiger partial charge in [0.05, 0.1) is 0 Å². The van der Waals surface area contributed by atoms with E-state index in [0.717, 1.165) is 5.75 Å². The Balaban J connectivity index is 2.05. The summed E-state index contributed by atoms with van der Waals surface area (Å²) in [4.78, 5) is 12.0. The van der Waals surface area contributed by atoms with Crippen molar-refractivity contribution in [1.29, 1.82) is 0 Å². The summed E-state index contributed by atoms with van der Waals surface area (Å²) in [5.74, 6) is 0.418. The van der Waals surface area contributed by atoms with Crippen LogP contribution in [-0.4, -0.2) is 12.2 Å². The molecule has 0 atom stereocenters. The minimum absolute atomic E-state index is 0.192. The van der Waals surface area contributed by atoms with Gasteiger partial charge in [0.15, 0.2) is 0 Å². The van der Waals surface area contributed by atoms with Crippen LogP contribution < -0.4 is 5.32 Å². The predicted molar refractivity (Wildman–Crippen MR) is 78.0 cm³/mol. The van der Waals surface area contributed by atoms with Gasteiger partial charge in [0.2, 0.25) is 0 Å². The standard InChI is InChI=1S/C15H14FNOS/c1-19-10-11-2-4-12(5-3-11)15(18)17-14-8-6-13(16)7-9-14/h2-9H,10H2,1H3,(H,17,18). The summed E-state index contributed by atoms with van der Waals surface area (Å²) in [7, 11) is 0. The van der Waals surface area contributed by atoms with E-state index < -0.39 is 0 Å². The largest absolute Gasteiger partial charge is 0.322 e. The van der Waals surface area contributed by atoms with Gasteiger partial charge in [-0.1, -0.05) is 12.1 Å². The van der Waals surface area contributed by atoms with Crippen molar-refractivity contribution in [3.8, 4) is 0 Å². The molecule has 0 radical (unpaired) electrons. The number of halogens is 1. The third kappa shape index (κ3) is 3.83. The average Bonchev–Trinajstić information content (AvgIpc) is 2.42. The van der Waals surface area contributed by atoms with Crippen LogP contribution in [0.25, 0.3) is 0 Å². The number of anilines is 1. The molecule has 2 rings (SSSR count). The van der Waals surface area contributed by atoms with Crippen molar-refractivity contribution >= 4 is 23.4 Å². The molecule has 0 aliphatic carbocycles. The van der Waals surface area contributed by atoms with Crippen LogP contribution in [0.3, 0.4) is 0 Å². The fourth-order valence-corrected chi connectivity index (χ4v) is 2.18. The van der Waals surface area contributed by atoms with Crippen LogP contribution in [0.15, 0.2) is 48.5 Å². The number of carbonyl (C=O) groups excluding carboxylic acids is 1. The molecular weight excluding hydrogens is 261 g/mol. The summed E-state index contributed by atoms with van der Waals surface area (Å²) in [5.41, 5.74) is 2.36. The number of carbonyl (C=O) groups is 1. The Kier molecular flexibility index (Phi) is 4.58. The second kappa shape index (κ2) is 6.38. The zero-order valence-electron chi connectivity index (χ0n) is 10.5. The van der Waals surface area contributed by atoms with Crippen molar-refractivity contribution in [2.75, 3.05) is 11.6 Å². The first-order chi connectivity index (χ1) is 9.19. The van der Waals surface area contributed by atoms with E-state index in [4.69, 9.17) is 0 Å². The molecule has 0 aliphatic rings. The Morgan fingerprint density at radius 2 is 1.74 bits per heavy atom. The van der Waals surface area contributed by atoms with E-state index in [1.54, 1.807) is 23.9 Å². The predicted octanol–water partition coefficient (Wildman–Crippen LogP) is 3.94. The first kappa shape index (κ1) is 13.6. The summed E-state index contributed by atoms with van der Waals surface area (Å²) in [6.07, 6.45) is 2.04. The third-order valence-corrected chi connectivity index (χ3v) is 3.25. The van der Waals surface area contributed by atoms with E-state index >= 15 is 0 Å². The Morgan fingerprint density at radius 3 is 2.32 bits per heavy atom. The van der Waals surface area contributed by atoms with Gasteiger partial charge in [-0.25, -0.2) is 4.39 Å². The van der Waals surface area contributed by atoms with Gasteiger partial charge >= 0.3 is 0 Å². The minimum atomic E-state index is -0.320. The molecule has 1 amide bonds. The first-order valence-electron chi connectivity index (χ1n) is 5.84. The molecule has 2 nitrogen and oxygen atoms in total. The van der Waals surface area contributed by atoms with Crippen molar-refractivity contribution < 1.29 is 9.18 Å². The van der Waals surface area contributed by atoms with Crippen molar-refractivity contribution in [2.24, 2.45) is 0 Å². The van der Waals surface area contributed by atoms with E-state index in [1.807, 2.05) is 18.4 Å². The summed E-state index contributed by atoms with van der Waals surface area (Å²) in [5, 5.41) is 2.73. The summed E-state index contributed by atoms with van der Waals surface area (Å²) in [6.45, 7) is 0. The van der Waals surface area contributed by atoms with E-state index in [1.165, 1.54) is 29.8 Å². The highest BCUT2D eigenvalue weighted by atomic mass is 32.2. The Labute approximate surface area is 116 Å². The molecule has 0 saturated carbocycles. The Hall–Kier alpha value is -1.81. The van der Waals surface area contributed by atoms with Gasteiger partial charge in [-0.3, -0.25) is 4.79 Å². The zero-order valence-corrected chi connectivity index (χ0v) is 11.3. The maximum absolute atomic E-state index is 12.7. The number of rotatable bonds is 4. The molecule has 19 heavy (non-hydrogen) atoms. The second-order valence-corrected chi connectivity index (χ2v) is 4.96. The van der Waals surface area contributed by atoms with Gasteiger partial charge in [-0.05, 0) is 48.2 Å². The van der Waals surface area contributed by atoms with Gasteiger partial charge in [0.25, 0.3) is 5.91 Å². The van der Waals surface area contributed by atoms with Crippen LogP contribution in [0.4, 0.5) is 10.1 Å². The number of amides is 1. The normalized spacial score (nSPS) is 10.2. The van der Waals surface area contributed by atoms with Crippen LogP contribution >= 0.6 is 11.8 Å². The van der Waals surface area contributed by atoms with Crippen molar-refractivity contribution in [2.45, 2.75) is 5.75 Å². The van der Waals surface area contributed by atoms with E-state index in [9.17, 15) is 9.18 Å². The molecule has 0 fully saturated rings. The van der Waals surface area contributed by atoms with E-state index in [-0.39, 0.29) is 11.7 Å². The average molecular weight is 275 g/mol. The molecule has 0 bridgehead atoms. The van der Waals surface area contributed by atoms with Crippen molar-refractivity contribution in [3.63, 3.8) is 0 Å². The van der Waals surface area contributed by atoms with Gasteiger partial charge in [-0.15, -0.1) is 0 Å². The molecular formula is C15H14FNOS. The summed E-state index contributed by atoms with van der Waals surface area (Å²) < 4.78 is 12.7. The molecule has 0 heterocycles. The number of hydrogen-bond acceptors (Lipinski definition) is 2. The van der Waals surface area contributed by atoms with Crippen molar-refractivity contribution in [3.05, 3.63) is 65.5 Å². The number of nitrogens with one attached hydrogen (secondary N) is 1. The molecule has 2 aromatic carbocycles. The van der Waals surface area contributed by atoms with Crippen LogP contribution in [0.1, 0.15) is 15.9 Å². The summed E-state index contributed by atoms with van der Waals surface area (Å²) >= 11 is 1.74. The van der Waals surface area contributed by atoms with Crippen LogP contribution in [0, 0.1) is 5.82 Å². The molecule has 0 aliphatic heterocycles. The van der Waals surface area contributed by atoms with Gasteiger partial charge < -0.3 is 5.32 Å². The van der Waals surface area contributed by atoms with E-state index in [0.29, 0.717) is 11.3 Å². The quantitative estimate of drug-likeness (QED) is 0.915. The highest BCUT2D eigenvalue weighted by molar-refractivity contribution is 7.97. The van der Waals surface area contributed by atoms with E-state index in [2.05, 4.69) is 5.32 Å². The topological polar surface area (TPSA) is 29.1 Å². The summed E-state index contributed by atoms with van der Waals surface area (Å²) in [6, 6.07) is 13.2. The maximum atomic E-state index is 12.7. The maximum Gasteiger partial charge on any atom is 0.255 e. The smallest absolute Gasteiger partial charge is 0.255 e. The van der Waals surface area contributed by atoms with Gasteiger partial charge in [0.1, 0.15) is 5.82 Å². The SMILES string of the molecule is CSCc1ccc(C(=O)Nc2ccc(F)cc2)cc1. The van der Waals surface area contributed by atoms with Crippen molar-refractivity contribution in [1.82, 2.24) is 0 Å². The minimum Gasteiger partial charge on any atom is -0.322 e. The van der Waals surface area contributed by atoms with Crippen LogP contribution in [0.2, 0.25) is 0 Å².